The maximum atomic E-state index is 13.5. The van der Waals surface area contributed by atoms with Gasteiger partial charge in [-0.2, -0.15) is 13.2 Å². The molecule has 3 aromatic rings. The molecule has 0 bridgehead atoms. The van der Waals surface area contributed by atoms with Gasteiger partial charge in [-0.3, -0.25) is 10.2 Å². The van der Waals surface area contributed by atoms with E-state index >= 15 is 0 Å². The fourth-order valence-corrected chi connectivity index (χ4v) is 2.96. The van der Waals surface area contributed by atoms with Crippen molar-refractivity contribution < 1.29 is 22.4 Å². The van der Waals surface area contributed by atoms with Crippen molar-refractivity contribution in [3.63, 3.8) is 0 Å². The number of carbonyl (C=O) groups excluding carboxylic acids is 1. The summed E-state index contributed by atoms with van der Waals surface area (Å²) in [4.78, 5) is 23.6. The van der Waals surface area contributed by atoms with Crippen LogP contribution in [0, 0.1) is 11.2 Å². The fraction of sp³-hybridized carbons (Fsp3) is 0.263. The number of aromatic nitrogens is 3. The molecule has 2 heterocycles. The topological polar surface area (TPSA) is 107 Å². The molecule has 0 fully saturated rings. The van der Waals surface area contributed by atoms with Gasteiger partial charge in [0, 0.05) is 30.5 Å². The van der Waals surface area contributed by atoms with Crippen LogP contribution >= 0.6 is 0 Å². The number of aromatic amines is 1. The lowest BCUT2D eigenvalue weighted by atomic mass is 10.1. The Labute approximate surface area is 168 Å². The molecule has 0 aliphatic rings. The first-order valence-corrected chi connectivity index (χ1v) is 8.87. The Bertz CT molecular complexity index is 1110. The smallest absolute Gasteiger partial charge is 0.387 e. The molecule has 0 saturated carbocycles. The highest BCUT2D eigenvalue weighted by Crippen LogP contribution is 2.23. The Balaban J connectivity index is 1.91. The summed E-state index contributed by atoms with van der Waals surface area (Å²) in [6, 6.07) is 2.72. The van der Waals surface area contributed by atoms with Gasteiger partial charge in [0.05, 0.1) is 23.9 Å². The highest BCUT2D eigenvalue weighted by atomic mass is 19.4. The number of H-pyrrole nitrogens is 1. The van der Waals surface area contributed by atoms with Crippen LogP contribution in [0.2, 0.25) is 0 Å². The van der Waals surface area contributed by atoms with Gasteiger partial charge in [-0.05, 0) is 25.1 Å². The predicted molar refractivity (Wildman–Crippen MR) is 103 cm³/mol. The van der Waals surface area contributed by atoms with E-state index in [1.807, 2.05) is 0 Å². The van der Waals surface area contributed by atoms with E-state index in [2.05, 4.69) is 25.6 Å². The lowest BCUT2D eigenvalue weighted by molar-refractivity contribution is -0.138. The summed E-state index contributed by atoms with van der Waals surface area (Å²) in [5.74, 6) is -1.22. The SMILES string of the molecule is CNc1cc(F)ccc1C(=N)c1cnc2[nH]cc(C(=O)NC(C)CC(F)(F)F)c2n1. The van der Waals surface area contributed by atoms with E-state index in [-0.39, 0.29) is 28.1 Å². The number of hydrogen-bond donors (Lipinski definition) is 4. The third kappa shape index (κ3) is 4.56. The normalized spacial score (nSPS) is 12.6. The largest absolute Gasteiger partial charge is 0.391 e. The number of anilines is 1. The predicted octanol–water partition coefficient (Wildman–Crippen LogP) is 3.63. The molecule has 4 N–H and O–H groups in total. The van der Waals surface area contributed by atoms with Gasteiger partial charge < -0.3 is 15.6 Å². The minimum Gasteiger partial charge on any atom is -0.387 e. The minimum atomic E-state index is -4.41. The second-order valence-electron chi connectivity index (χ2n) is 6.66. The van der Waals surface area contributed by atoms with Gasteiger partial charge in [0.1, 0.15) is 17.0 Å². The quantitative estimate of drug-likeness (QED) is 0.360. The van der Waals surface area contributed by atoms with Crippen LogP contribution in [0.15, 0.2) is 30.6 Å². The number of nitrogens with one attached hydrogen (secondary N) is 4. The van der Waals surface area contributed by atoms with Crippen LogP contribution in [0.1, 0.15) is 35.0 Å². The third-order valence-corrected chi connectivity index (χ3v) is 4.32. The molecule has 7 nitrogen and oxygen atoms in total. The first kappa shape index (κ1) is 21.2. The van der Waals surface area contributed by atoms with E-state index in [0.29, 0.717) is 11.3 Å². The van der Waals surface area contributed by atoms with Crippen molar-refractivity contribution in [2.75, 3.05) is 12.4 Å². The summed E-state index contributed by atoms with van der Waals surface area (Å²) in [6.45, 7) is 1.25. The Morgan fingerprint density at radius 1 is 1.30 bits per heavy atom. The molecular formula is C19H18F4N6O. The van der Waals surface area contributed by atoms with Crippen LogP contribution in [-0.4, -0.2) is 45.8 Å². The van der Waals surface area contributed by atoms with Gasteiger partial charge in [0.15, 0.2) is 5.65 Å². The summed E-state index contributed by atoms with van der Waals surface area (Å²) in [5.41, 5.74) is 1.15. The number of alkyl halides is 3. The van der Waals surface area contributed by atoms with Crippen LogP contribution in [0.5, 0.6) is 0 Å². The zero-order valence-electron chi connectivity index (χ0n) is 16.0. The molecule has 30 heavy (non-hydrogen) atoms. The number of carbonyl (C=O) groups is 1. The number of amides is 1. The number of benzene rings is 1. The van der Waals surface area contributed by atoms with Crippen molar-refractivity contribution >= 4 is 28.5 Å². The summed E-state index contributed by atoms with van der Waals surface area (Å²) in [6.07, 6.45) is -2.96. The molecule has 0 aliphatic heterocycles. The first-order valence-electron chi connectivity index (χ1n) is 8.87. The average Bonchev–Trinajstić information content (AvgIpc) is 3.09. The summed E-state index contributed by atoms with van der Waals surface area (Å²) >= 11 is 0. The summed E-state index contributed by atoms with van der Waals surface area (Å²) in [7, 11) is 1.58. The van der Waals surface area contributed by atoms with Crippen molar-refractivity contribution in [3.05, 3.63) is 53.2 Å². The maximum Gasteiger partial charge on any atom is 0.391 e. The summed E-state index contributed by atoms with van der Waals surface area (Å²) in [5, 5.41) is 13.5. The molecule has 0 radical (unpaired) electrons. The molecule has 1 amide bonds. The molecule has 0 aliphatic carbocycles. The van der Waals surface area contributed by atoms with Crippen molar-refractivity contribution in [1.29, 1.82) is 5.41 Å². The van der Waals surface area contributed by atoms with Crippen LogP contribution in [0.25, 0.3) is 11.2 Å². The molecule has 1 unspecified atom stereocenters. The third-order valence-electron chi connectivity index (χ3n) is 4.32. The zero-order chi connectivity index (χ0) is 22.1. The van der Waals surface area contributed by atoms with Gasteiger partial charge in [-0.1, -0.05) is 0 Å². The van der Waals surface area contributed by atoms with E-state index in [1.54, 1.807) is 7.05 Å². The van der Waals surface area contributed by atoms with Crippen molar-refractivity contribution in [2.24, 2.45) is 0 Å². The van der Waals surface area contributed by atoms with Gasteiger partial charge in [-0.25, -0.2) is 14.4 Å². The number of hydrogen-bond acceptors (Lipinski definition) is 5. The van der Waals surface area contributed by atoms with Gasteiger partial charge in [-0.15, -0.1) is 0 Å². The van der Waals surface area contributed by atoms with Crippen LogP contribution in [0.3, 0.4) is 0 Å². The molecular weight excluding hydrogens is 404 g/mol. The first-order chi connectivity index (χ1) is 14.1. The highest BCUT2D eigenvalue weighted by molar-refractivity contribution is 6.14. The highest BCUT2D eigenvalue weighted by Gasteiger charge is 2.31. The molecule has 0 spiro atoms. The van der Waals surface area contributed by atoms with E-state index in [0.717, 1.165) is 0 Å². The van der Waals surface area contributed by atoms with E-state index in [9.17, 15) is 22.4 Å². The Kier molecular flexibility index (Phi) is 5.72. The Hall–Kier alpha value is -3.50. The molecule has 2 aromatic heterocycles. The van der Waals surface area contributed by atoms with Gasteiger partial charge in [0.2, 0.25) is 0 Å². The Morgan fingerprint density at radius 2 is 2.03 bits per heavy atom. The number of rotatable bonds is 6. The molecule has 1 aromatic carbocycles. The lowest BCUT2D eigenvalue weighted by Gasteiger charge is -2.15. The zero-order valence-corrected chi connectivity index (χ0v) is 16.0. The van der Waals surface area contributed by atoms with Crippen LogP contribution < -0.4 is 10.6 Å². The second-order valence-corrected chi connectivity index (χ2v) is 6.66. The number of fused-ring (bicyclic) bond motifs is 1. The maximum absolute atomic E-state index is 13.5. The minimum absolute atomic E-state index is 0.00845. The monoisotopic (exact) mass is 422 g/mol. The fourth-order valence-electron chi connectivity index (χ4n) is 2.96. The number of nitrogens with zero attached hydrogens (tertiary/aromatic N) is 2. The van der Waals surface area contributed by atoms with Gasteiger partial charge in [0.25, 0.3) is 5.91 Å². The van der Waals surface area contributed by atoms with E-state index < -0.39 is 30.4 Å². The van der Waals surface area contributed by atoms with Gasteiger partial charge >= 0.3 is 6.18 Å². The van der Waals surface area contributed by atoms with Crippen LogP contribution in [0.4, 0.5) is 23.2 Å². The summed E-state index contributed by atoms with van der Waals surface area (Å²) < 4.78 is 51.0. The van der Waals surface area contributed by atoms with Crippen LogP contribution in [-0.2, 0) is 0 Å². The molecule has 11 heteroatoms. The molecule has 158 valence electrons. The van der Waals surface area contributed by atoms with Crippen molar-refractivity contribution in [3.8, 4) is 0 Å². The lowest BCUT2D eigenvalue weighted by Crippen LogP contribution is -2.35. The van der Waals surface area contributed by atoms with E-state index in [1.165, 1.54) is 37.5 Å². The average molecular weight is 422 g/mol. The molecule has 3 rings (SSSR count). The van der Waals surface area contributed by atoms with Crippen molar-refractivity contribution in [1.82, 2.24) is 20.3 Å². The Morgan fingerprint density at radius 3 is 2.70 bits per heavy atom. The van der Waals surface area contributed by atoms with E-state index in [4.69, 9.17) is 5.41 Å². The molecule has 1 atom stereocenters. The second kappa shape index (κ2) is 8.09. The standard InChI is InChI=1S/C19H18F4N6O/c1-9(6-19(21,22)23)28-18(30)12-7-26-17-16(12)29-14(8-27-17)15(24)11-4-3-10(20)5-13(11)25-2/h3-5,7-9,24-25H,6H2,1-2H3,(H,26,27)(H,28,30). The molecule has 0 saturated heterocycles. The van der Waals surface area contributed by atoms with Crippen molar-refractivity contribution in [2.45, 2.75) is 25.6 Å². The number of halogens is 4.